The smallest absolute Gasteiger partial charge is 0.253 e. The van der Waals surface area contributed by atoms with Crippen LogP contribution in [0.1, 0.15) is 23.2 Å². The third-order valence-corrected chi connectivity index (χ3v) is 4.83. The quantitative estimate of drug-likeness (QED) is 0.852. The fourth-order valence-electron chi connectivity index (χ4n) is 3.57. The highest BCUT2D eigenvalue weighted by molar-refractivity contribution is 5.94. The number of piperazine rings is 1. The van der Waals surface area contributed by atoms with Gasteiger partial charge in [-0.2, -0.15) is 0 Å². The van der Waals surface area contributed by atoms with Crippen molar-refractivity contribution in [2.75, 3.05) is 26.2 Å². The van der Waals surface area contributed by atoms with Crippen LogP contribution in [0.3, 0.4) is 0 Å². The molecule has 118 valence electrons. The Morgan fingerprint density at radius 3 is 2.61 bits per heavy atom. The van der Waals surface area contributed by atoms with Gasteiger partial charge in [0.1, 0.15) is 0 Å². The molecule has 0 spiro atoms. The molecule has 0 radical (unpaired) electrons. The van der Waals surface area contributed by atoms with Gasteiger partial charge in [0, 0.05) is 49.2 Å². The van der Waals surface area contributed by atoms with E-state index in [1.807, 2.05) is 29.2 Å². The van der Waals surface area contributed by atoms with Crippen LogP contribution in [-0.4, -0.2) is 57.9 Å². The van der Waals surface area contributed by atoms with Crippen LogP contribution in [0, 0.1) is 0 Å². The van der Waals surface area contributed by atoms with Gasteiger partial charge in [0.05, 0.1) is 0 Å². The van der Waals surface area contributed by atoms with Crippen LogP contribution in [0.5, 0.6) is 0 Å². The molecule has 5 heteroatoms. The van der Waals surface area contributed by atoms with Gasteiger partial charge in [-0.3, -0.25) is 9.69 Å². The van der Waals surface area contributed by atoms with Crippen molar-refractivity contribution in [3.63, 3.8) is 0 Å². The van der Waals surface area contributed by atoms with Crippen molar-refractivity contribution in [2.24, 2.45) is 0 Å². The first-order valence-electron chi connectivity index (χ1n) is 8.22. The molecule has 2 aliphatic heterocycles. The van der Waals surface area contributed by atoms with Gasteiger partial charge < -0.3 is 4.90 Å². The van der Waals surface area contributed by atoms with Crippen molar-refractivity contribution >= 4 is 5.91 Å². The minimum Gasteiger partial charge on any atom is -0.336 e. The molecule has 0 N–H and O–H groups in total. The lowest BCUT2D eigenvalue weighted by molar-refractivity contribution is 0.0571. The number of hydrogen-bond acceptors (Lipinski definition) is 4. The van der Waals surface area contributed by atoms with E-state index in [2.05, 4.69) is 14.9 Å². The summed E-state index contributed by atoms with van der Waals surface area (Å²) in [6.07, 6.45) is 5.93. The lowest BCUT2D eigenvalue weighted by atomic mass is 10.1. The summed E-state index contributed by atoms with van der Waals surface area (Å²) >= 11 is 0. The zero-order valence-electron chi connectivity index (χ0n) is 13.1. The predicted octanol–water partition coefficient (Wildman–Crippen LogP) is 2.06. The first-order valence-corrected chi connectivity index (χ1v) is 8.22. The third kappa shape index (κ3) is 2.84. The van der Waals surface area contributed by atoms with Crippen molar-refractivity contribution in [1.29, 1.82) is 0 Å². The van der Waals surface area contributed by atoms with E-state index in [1.165, 1.54) is 19.4 Å². The molecule has 2 fully saturated rings. The van der Waals surface area contributed by atoms with Gasteiger partial charge in [0.2, 0.25) is 0 Å². The molecular weight excluding hydrogens is 288 g/mol. The summed E-state index contributed by atoms with van der Waals surface area (Å²) < 4.78 is 0. The largest absolute Gasteiger partial charge is 0.336 e. The van der Waals surface area contributed by atoms with E-state index in [1.54, 1.807) is 18.5 Å². The van der Waals surface area contributed by atoms with Crippen LogP contribution in [-0.2, 0) is 0 Å². The summed E-state index contributed by atoms with van der Waals surface area (Å²) in [5, 5.41) is 0. The van der Waals surface area contributed by atoms with Crippen LogP contribution in [0.4, 0.5) is 0 Å². The molecule has 0 aliphatic carbocycles. The first-order chi connectivity index (χ1) is 11.3. The monoisotopic (exact) mass is 308 g/mol. The SMILES string of the molecule is O=C(c1ccc(-c2ncccn2)cc1)N1CCN2CCC[C@H]2C1. The summed E-state index contributed by atoms with van der Waals surface area (Å²) in [6.45, 7) is 3.89. The number of nitrogens with zero attached hydrogens (tertiary/aromatic N) is 4. The maximum Gasteiger partial charge on any atom is 0.253 e. The Balaban J connectivity index is 1.48. The molecule has 1 aromatic carbocycles. The van der Waals surface area contributed by atoms with Crippen molar-refractivity contribution < 1.29 is 4.79 Å². The Morgan fingerprint density at radius 2 is 1.83 bits per heavy atom. The topological polar surface area (TPSA) is 49.3 Å². The van der Waals surface area contributed by atoms with Crippen LogP contribution in [0.2, 0.25) is 0 Å². The van der Waals surface area contributed by atoms with Gasteiger partial charge in [0.15, 0.2) is 5.82 Å². The standard InChI is InChI=1S/C18H20N4O/c23-18(22-12-11-21-10-1-3-16(21)13-22)15-6-4-14(5-7-15)17-19-8-2-9-20-17/h2,4-9,16H,1,3,10-13H2/t16-/m0/s1. The second-order valence-corrected chi connectivity index (χ2v) is 6.23. The third-order valence-electron chi connectivity index (χ3n) is 4.83. The molecule has 0 unspecified atom stereocenters. The highest BCUT2D eigenvalue weighted by atomic mass is 16.2. The van der Waals surface area contributed by atoms with Crippen LogP contribution >= 0.6 is 0 Å². The number of amides is 1. The number of aromatic nitrogens is 2. The molecule has 1 atom stereocenters. The summed E-state index contributed by atoms with van der Waals surface area (Å²) in [6, 6.07) is 9.97. The molecule has 4 rings (SSSR count). The van der Waals surface area contributed by atoms with Crippen molar-refractivity contribution in [3.8, 4) is 11.4 Å². The molecule has 2 aliphatic rings. The molecule has 23 heavy (non-hydrogen) atoms. The van der Waals surface area contributed by atoms with Gasteiger partial charge in [0.25, 0.3) is 5.91 Å². The van der Waals surface area contributed by atoms with E-state index in [4.69, 9.17) is 0 Å². The second kappa shape index (κ2) is 6.08. The summed E-state index contributed by atoms with van der Waals surface area (Å²) in [5.74, 6) is 0.822. The Hall–Kier alpha value is -2.27. The number of fused-ring (bicyclic) bond motifs is 1. The molecular formula is C18H20N4O. The molecule has 1 amide bonds. The molecule has 5 nitrogen and oxygen atoms in total. The van der Waals surface area contributed by atoms with Gasteiger partial charge in [-0.15, -0.1) is 0 Å². The predicted molar refractivity (Wildman–Crippen MR) is 88.0 cm³/mol. The highest BCUT2D eigenvalue weighted by Gasteiger charge is 2.32. The van der Waals surface area contributed by atoms with E-state index in [0.717, 1.165) is 30.8 Å². The first kappa shape index (κ1) is 14.3. The maximum absolute atomic E-state index is 12.7. The number of rotatable bonds is 2. The lowest BCUT2D eigenvalue weighted by Crippen LogP contribution is -2.52. The van der Waals surface area contributed by atoms with E-state index in [9.17, 15) is 4.79 Å². The minimum atomic E-state index is 0.136. The van der Waals surface area contributed by atoms with Gasteiger partial charge in [-0.05, 0) is 37.6 Å². The zero-order chi connectivity index (χ0) is 15.6. The summed E-state index contributed by atoms with van der Waals surface area (Å²) in [4.78, 5) is 25.7. The molecule has 2 saturated heterocycles. The molecule has 1 aromatic heterocycles. The number of carbonyl (C=O) groups excluding carboxylic acids is 1. The number of hydrogen-bond donors (Lipinski definition) is 0. The van der Waals surface area contributed by atoms with Crippen LogP contribution in [0.25, 0.3) is 11.4 Å². The fraction of sp³-hybridized carbons (Fsp3) is 0.389. The van der Waals surface area contributed by atoms with E-state index in [0.29, 0.717) is 11.9 Å². The van der Waals surface area contributed by atoms with Crippen LogP contribution in [0.15, 0.2) is 42.7 Å². The number of benzene rings is 1. The fourth-order valence-corrected chi connectivity index (χ4v) is 3.57. The molecule has 3 heterocycles. The van der Waals surface area contributed by atoms with E-state index in [-0.39, 0.29) is 5.91 Å². The summed E-state index contributed by atoms with van der Waals surface area (Å²) in [5.41, 5.74) is 1.68. The van der Waals surface area contributed by atoms with Gasteiger partial charge >= 0.3 is 0 Å². The summed E-state index contributed by atoms with van der Waals surface area (Å²) in [7, 11) is 0. The normalized spacial score (nSPS) is 21.2. The van der Waals surface area contributed by atoms with Gasteiger partial charge in [-0.1, -0.05) is 12.1 Å². The minimum absolute atomic E-state index is 0.136. The highest BCUT2D eigenvalue weighted by Crippen LogP contribution is 2.23. The van der Waals surface area contributed by atoms with Gasteiger partial charge in [-0.25, -0.2) is 9.97 Å². The van der Waals surface area contributed by atoms with Crippen molar-refractivity contribution in [3.05, 3.63) is 48.3 Å². The Kier molecular flexibility index (Phi) is 3.79. The molecule has 0 saturated carbocycles. The van der Waals surface area contributed by atoms with Crippen molar-refractivity contribution in [1.82, 2.24) is 19.8 Å². The lowest BCUT2D eigenvalue weighted by Gasteiger charge is -2.37. The average Bonchev–Trinajstić information content (AvgIpc) is 3.10. The Bertz CT molecular complexity index is 686. The number of carbonyl (C=O) groups is 1. The average molecular weight is 308 g/mol. The zero-order valence-corrected chi connectivity index (χ0v) is 13.1. The van der Waals surface area contributed by atoms with Crippen molar-refractivity contribution in [2.45, 2.75) is 18.9 Å². The maximum atomic E-state index is 12.7. The van der Waals surface area contributed by atoms with E-state index >= 15 is 0 Å². The Labute approximate surface area is 136 Å². The van der Waals surface area contributed by atoms with Crippen LogP contribution < -0.4 is 0 Å². The Morgan fingerprint density at radius 1 is 1.04 bits per heavy atom. The second-order valence-electron chi connectivity index (χ2n) is 6.23. The van der Waals surface area contributed by atoms with E-state index < -0.39 is 0 Å². The molecule has 2 aromatic rings. The molecule has 0 bridgehead atoms.